The van der Waals surface area contributed by atoms with Gasteiger partial charge in [-0.15, -0.1) is 0 Å². The molecule has 0 radical (unpaired) electrons. The molecule has 0 bridgehead atoms. The van der Waals surface area contributed by atoms with E-state index in [9.17, 15) is 4.79 Å². The number of carbonyl (C=O) groups is 1. The number of hydrogen-bond donors (Lipinski definition) is 1. The molecule has 3 nitrogen and oxygen atoms in total. The van der Waals surface area contributed by atoms with Gasteiger partial charge >= 0.3 is 0 Å². The van der Waals surface area contributed by atoms with Crippen LogP contribution in [0.15, 0.2) is 61.2 Å². The normalized spacial score (nSPS) is 9.95. The monoisotopic (exact) mass is 281 g/mol. The van der Waals surface area contributed by atoms with E-state index < -0.39 is 0 Å². The first-order valence-corrected chi connectivity index (χ1v) is 6.86. The molecule has 2 rings (SSSR count). The third-order valence-electron chi connectivity index (χ3n) is 3.06. The lowest BCUT2D eigenvalue weighted by Gasteiger charge is -2.07. The molecule has 108 valence electrons. The van der Waals surface area contributed by atoms with Gasteiger partial charge in [-0.25, -0.2) is 0 Å². The van der Waals surface area contributed by atoms with Crippen molar-refractivity contribution in [2.75, 3.05) is 6.61 Å². The molecule has 0 atom stereocenters. The van der Waals surface area contributed by atoms with Crippen LogP contribution in [0.25, 0.3) is 0 Å². The first-order valence-electron chi connectivity index (χ1n) is 6.86. The number of amides is 1. The van der Waals surface area contributed by atoms with E-state index >= 15 is 0 Å². The topological polar surface area (TPSA) is 38.3 Å². The summed E-state index contributed by atoms with van der Waals surface area (Å²) in [5, 5.41) is 2.90. The molecule has 2 aromatic carbocycles. The quantitative estimate of drug-likeness (QED) is 0.823. The predicted molar refractivity (Wildman–Crippen MR) is 84.5 cm³/mol. The fraction of sp³-hybridized carbons (Fsp3) is 0.167. The smallest absolute Gasteiger partial charge is 0.251 e. The van der Waals surface area contributed by atoms with E-state index in [0.29, 0.717) is 18.7 Å². The van der Waals surface area contributed by atoms with Crippen LogP contribution in [0.1, 0.15) is 21.5 Å². The van der Waals surface area contributed by atoms with Crippen LogP contribution in [0, 0.1) is 6.92 Å². The van der Waals surface area contributed by atoms with Gasteiger partial charge in [0.1, 0.15) is 12.4 Å². The van der Waals surface area contributed by atoms with Crippen molar-refractivity contribution in [3.8, 4) is 5.75 Å². The molecule has 3 heteroatoms. The third-order valence-corrected chi connectivity index (χ3v) is 3.06. The summed E-state index contributed by atoms with van der Waals surface area (Å²) in [6.45, 7) is 6.61. The van der Waals surface area contributed by atoms with Gasteiger partial charge in [0, 0.05) is 12.1 Å². The molecule has 0 unspecified atom stereocenters. The summed E-state index contributed by atoms with van der Waals surface area (Å²) in [5.74, 6) is 0.635. The molecule has 0 aliphatic heterocycles. The van der Waals surface area contributed by atoms with Gasteiger partial charge in [0.15, 0.2) is 0 Å². The Hall–Kier alpha value is -2.55. The molecule has 0 saturated carbocycles. The Labute approximate surface area is 125 Å². The molecule has 0 saturated heterocycles. The van der Waals surface area contributed by atoms with E-state index in [2.05, 4.69) is 11.9 Å². The predicted octanol–water partition coefficient (Wildman–Crippen LogP) is 3.49. The molecule has 0 aliphatic rings. The van der Waals surface area contributed by atoms with Crippen molar-refractivity contribution in [3.05, 3.63) is 77.9 Å². The number of rotatable bonds is 6. The molecule has 1 N–H and O–H groups in total. The fourth-order valence-electron chi connectivity index (χ4n) is 1.85. The molecule has 21 heavy (non-hydrogen) atoms. The van der Waals surface area contributed by atoms with Gasteiger partial charge < -0.3 is 10.1 Å². The molecular formula is C18H19NO2. The van der Waals surface area contributed by atoms with Crippen molar-refractivity contribution in [3.63, 3.8) is 0 Å². The van der Waals surface area contributed by atoms with E-state index in [4.69, 9.17) is 4.74 Å². The van der Waals surface area contributed by atoms with Gasteiger partial charge in [-0.2, -0.15) is 0 Å². The molecule has 0 spiro atoms. The summed E-state index contributed by atoms with van der Waals surface area (Å²) >= 11 is 0. The van der Waals surface area contributed by atoms with E-state index in [1.54, 1.807) is 30.3 Å². The van der Waals surface area contributed by atoms with Gasteiger partial charge in [-0.05, 0) is 36.8 Å². The van der Waals surface area contributed by atoms with Gasteiger partial charge in [-0.3, -0.25) is 4.79 Å². The Kier molecular flexibility index (Phi) is 5.16. The number of hydrogen-bond acceptors (Lipinski definition) is 2. The maximum Gasteiger partial charge on any atom is 0.251 e. The van der Waals surface area contributed by atoms with Crippen molar-refractivity contribution in [2.45, 2.75) is 13.5 Å². The molecule has 0 aliphatic carbocycles. The molecule has 0 heterocycles. The summed E-state index contributed by atoms with van der Waals surface area (Å²) in [7, 11) is 0. The highest BCUT2D eigenvalue weighted by Gasteiger charge is 2.05. The highest BCUT2D eigenvalue weighted by molar-refractivity contribution is 5.94. The third kappa shape index (κ3) is 4.49. The fourth-order valence-corrected chi connectivity index (χ4v) is 1.85. The Morgan fingerprint density at radius 3 is 2.43 bits per heavy atom. The standard InChI is InChI=1S/C18H19NO2/c1-3-12-21-17-10-8-16(9-11-17)18(20)19-13-15-6-4-14(2)5-7-15/h3-11H,1,12-13H2,2H3,(H,19,20). The average molecular weight is 281 g/mol. The zero-order valence-electron chi connectivity index (χ0n) is 12.1. The van der Waals surface area contributed by atoms with Crippen LogP contribution in [0.4, 0.5) is 0 Å². The summed E-state index contributed by atoms with van der Waals surface area (Å²) in [4.78, 5) is 12.0. The molecular weight excluding hydrogens is 262 g/mol. The van der Waals surface area contributed by atoms with Crippen LogP contribution in [0.2, 0.25) is 0 Å². The van der Waals surface area contributed by atoms with Crippen molar-refractivity contribution in [2.24, 2.45) is 0 Å². The zero-order valence-corrected chi connectivity index (χ0v) is 12.1. The summed E-state index contributed by atoms with van der Waals surface area (Å²) in [5.41, 5.74) is 2.91. The average Bonchev–Trinajstić information content (AvgIpc) is 2.52. The minimum Gasteiger partial charge on any atom is -0.490 e. The van der Waals surface area contributed by atoms with Crippen LogP contribution in [0.3, 0.4) is 0 Å². The Morgan fingerprint density at radius 1 is 1.14 bits per heavy atom. The van der Waals surface area contributed by atoms with Crippen molar-refractivity contribution < 1.29 is 9.53 Å². The number of carbonyl (C=O) groups excluding carboxylic acids is 1. The Balaban J connectivity index is 1.90. The second-order valence-electron chi connectivity index (χ2n) is 4.79. The van der Waals surface area contributed by atoms with Crippen molar-refractivity contribution in [1.82, 2.24) is 5.32 Å². The summed E-state index contributed by atoms with van der Waals surface area (Å²) in [6, 6.07) is 15.2. The van der Waals surface area contributed by atoms with Gasteiger partial charge in [0.2, 0.25) is 0 Å². The number of ether oxygens (including phenoxy) is 1. The minimum atomic E-state index is -0.0918. The summed E-state index contributed by atoms with van der Waals surface area (Å²) < 4.78 is 5.38. The maximum absolute atomic E-state index is 12.0. The van der Waals surface area contributed by atoms with E-state index in [0.717, 1.165) is 11.3 Å². The van der Waals surface area contributed by atoms with Crippen LogP contribution < -0.4 is 10.1 Å². The van der Waals surface area contributed by atoms with Gasteiger partial charge in [0.25, 0.3) is 5.91 Å². The zero-order chi connectivity index (χ0) is 15.1. The van der Waals surface area contributed by atoms with Crippen LogP contribution in [-0.2, 0) is 6.54 Å². The largest absolute Gasteiger partial charge is 0.490 e. The van der Waals surface area contributed by atoms with E-state index in [-0.39, 0.29) is 5.91 Å². The molecule has 0 fully saturated rings. The maximum atomic E-state index is 12.0. The highest BCUT2D eigenvalue weighted by atomic mass is 16.5. The van der Waals surface area contributed by atoms with Crippen LogP contribution >= 0.6 is 0 Å². The van der Waals surface area contributed by atoms with E-state index in [1.165, 1.54) is 5.56 Å². The van der Waals surface area contributed by atoms with Gasteiger partial charge in [-0.1, -0.05) is 42.5 Å². The first-order chi connectivity index (χ1) is 10.2. The molecule has 1 amide bonds. The van der Waals surface area contributed by atoms with Crippen LogP contribution in [-0.4, -0.2) is 12.5 Å². The number of nitrogens with one attached hydrogen (secondary N) is 1. The Bertz CT molecular complexity index is 600. The molecule has 0 aromatic heterocycles. The van der Waals surface area contributed by atoms with Crippen molar-refractivity contribution in [1.29, 1.82) is 0 Å². The Morgan fingerprint density at radius 2 is 1.81 bits per heavy atom. The lowest BCUT2D eigenvalue weighted by atomic mass is 10.1. The van der Waals surface area contributed by atoms with E-state index in [1.807, 2.05) is 31.2 Å². The molecule has 2 aromatic rings. The van der Waals surface area contributed by atoms with Crippen molar-refractivity contribution >= 4 is 5.91 Å². The summed E-state index contributed by atoms with van der Waals surface area (Å²) in [6.07, 6.45) is 1.68. The second kappa shape index (κ2) is 7.29. The van der Waals surface area contributed by atoms with Crippen LogP contribution in [0.5, 0.6) is 5.75 Å². The number of benzene rings is 2. The number of aryl methyl sites for hydroxylation is 1. The lowest BCUT2D eigenvalue weighted by molar-refractivity contribution is 0.0951. The minimum absolute atomic E-state index is 0.0918. The SMILES string of the molecule is C=CCOc1ccc(C(=O)NCc2ccc(C)cc2)cc1. The first kappa shape index (κ1) is 14.9. The second-order valence-corrected chi connectivity index (χ2v) is 4.79. The van der Waals surface area contributed by atoms with Gasteiger partial charge in [0.05, 0.1) is 0 Å². The lowest BCUT2D eigenvalue weighted by Crippen LogP contribution is -2.22. The highest BCUT2D eigenvalue weighted by Crippen LogP contribution is 2.12.